The zero-order valence-corrected chi connectivity index (χ0v) is 14.2. The normalized spacial score (nSPS) is 13.8. The van der Waals surface area contributed by atoms with E-state index in [0.717, 1.165) is 12.0 Å². The Morgan fingerprint density at radius 2 is 2.05 bits per heavy atom. The lowest BCUT2D eigenvalue weighted by Crippen LogP contribution is -2.34. The Morgan fingerprint density at radius 1 is 1.42 bits per heavy atom. The molecule has 0 aliphatic rings. The summed E-state index contributed by atoms with van der Waals surface area (Å²) >= 11 is 3.36. The molecular formula is C13H21BrN2O2S. The van der Waals surface area contributed by atoms with Gasteiger partial charge in [-0.25, -0.2) is 8.42 Å². The smallest absolute Gasteiger partial charge is 0.244 e. The molecule has 0 radical (unpaired) electrons. The van der Waals surface area contributed by atoms with Crippen LogP contribution in [-0.4, -0.2) is 32.9 Å². The molecule has 0 aliphatic carbocycles. The highest BCUT2D eigenvalue weighted by atomic mass is 79.9. The van der Waals surface area contributed by atoms with Crippen LogP contribution in [0.15, 0.2) is 27.6 Å². The molecule has 1 N–H and O–H groups in total. The molecule has 0 bridgehead atoms. The van der Waals surface area contributed by atoms with Crippen LogP contribution in [0.3, 0.4) is 0 Å². The summed E-state index contributed by atoms with van der Waals surface area (Å²) in [6.07, 6.45) is 0.783. The maximum atomic E-state index is 12.5. The van der Waals surface area contributed by atoms with Gasteiger partial charge in [-0.1, -0.05) is 13.0 Å². The maximum Gasteiger partial charge on any atom is 0.244 e. The van der Waals surface area contributed by atoms with E-state index in [1.54, 1.807) is 13.1 Å². The number of benzene rings is 1. The fourth-order valence-electron chi connectivity index (χ4n) is 1.72. The Bertz CT molecular complexity index is 531. The third-order valence-electron chi connectivity index (χ3n) is 3.25. The van der Waals surface area contributed by atoms with Crippen LogP contribution in [0.5, 0.6) is 0 Å². The summed E-state index contributed by atoms with van der Waals surface area (Å²) in [5, 5.41) is 3.04. The van der Waals surface area contributed by atoms with Crippen LogP contribution in [-0.2, 0) is 16.6 Å². The third-order valence-corrected chi connectivity index (χ3v) is 6.19. The van der Waals surface area contributed by atoms with Crippen molar-refractivity contribution >= 4 is 26.0 Å². The van der Waals surface area contributed by atoms with E-state index in [4.69, 9.17) is 0 Å². The Morgan fingerprint density at radius 3 is 2.53 bits per heavy atom. The fraction of sp³-hybridized carbons (Fsp3) is 0.538. The molecule has 4 nitrogen and oxygen atoms in total. The van der Waals surface area contributed by atoms with Gasteiger partial charge in [0.1, 0.15) is 0 Å². The van der Waals surface area contributed by atoms with Crippen molar-refractivity contribution in [2.75, 3.05) is 14.1 Å². The first-order valence-corrected chi connectivity index (χ1v) is 8.49. The summed E-state index contributed by atoms with van der Waals surface area (Å²) in [5.74, 6) is 0. The number of hydrogen-bond acceptors (Lipinski definition) is 3. The van der Waals surface area contributed by atoms with Gasteiger partial charge in [0.2, 0.25) is 10.0 Å². The Balaban J connectivity index is 3.15. The van der Waals surface area contributed by atoms with Crippen molar-refractivity contribution in [3.8, 4) is 0 Å². The SMILES string of the molecule is CCC(C)N(C)S(=O)(=O)c1ccc(CNC)cc1Br. The highest BCUT2D eigenvalue weighted by Gasteiger charge is 2.26. The number of halogens is 1. The molecule has 0 aliphatic heterocycles. The highest BCUT2D eigenvalue weighted by molar-refractivity contribution is 9.10. The van der Waals surface area contributed by atoms with Crippen LogP contribution < -0.4 is 5.32 Å². The topological polar surface area (TPSA) is 49.4 Å². The molecule has 1 atom stereocenters. The second-order valence-electron chi connectivity index (χ2n) is 4.57. The lowest BCUT2D eigenvalue weighted by molar-refractivity contribution is 0.380. The van der Waals surface area contributed by atoms with E-state index >= 15 is 0 Å². The van der Waals surface area contributed by atoms with Crippen LogP contribution >= 0.6 is 15.9 Å². The molecule has 0 saturated carbocycles. The van der Waals surface area contributed by atoms with Gasteiger partial charge in [-0.15, -0.1) is 0 Å². The molecular weight excluding hydrogens is 328 g/mol. The molecule has 0 aromatic heterocycles. The quantitative estimate of drug-likeness (QED) is 0.859. The third kappa shape index (κ3) is 3.78. The molecule has 108 valence electrons. The molecule has 19 heavy (non-hydrogen) atoms. The van der Waals surface area contributed by atoms with E-state index in [-0.39, 0.29) is 6.04 Å². The first-order chi connectivity index (χ1) is 8.84. The fourth-order valence-corrected chi connectivity index (χ4v) is 4.24. The van der Waals surface area contributed by atoms with Crippen molar-refractivity contribution in [3.05, 3.63) is 28.2 Å². The van der Waals surface area contributed by atoms with Crippen molar-refractivity contribution in [3.63, 3.8) is 0 Å². The van der Waals surface area contributed by atoms with E-state index in [2.05, 4.69) is 21.2 Å². The summed E-state index contributed by atoms with van der Waals surface area (Å²) < 4.78 is 27.0. The van der Waals surface area contributed by atoms with Gasteiger partial charge >= 0.3 is 0 Å². The standard InChI is InChI=1S/C13H21BrN2O2S/c1-5-10(2)16(4)19(17,18)13-7-6-11(9-15-3)8-12(13)14/h6-8,10,15H,5,9H2,1-4H3. The predicted octanol–water partition coefficient (Wildman–Crippen LogP) is 2.59. The summed E-state index contributed by atoms with van der Waals surface area (Å²) in [7, 11) is 0.0322. The van der Waals surface area contributed by atoms with Crippen molar-refractivity contribution in [1.29, 1.82) is 0 Å². The molecule has 1 rings (SSSR count). The number of nitrogens with one attached hydrogen (secondary N) is 1. The molecule has 0 spiro atoms. The molecule has 1 unspecified atom stereocenters. The van der Waals surface area contributed by atoms with Gasteiger partial charge in [0.05, 0.1) is 4.90 Å². The Labute approximate surface area is 124 Å². The van der Waals surface area contributed by atoms with Gasteiger partial charge in [-0.3, -0.25) is 0 Å². The number of rotatable bonds is 6. The van der Waals surface area contributed by atoms with Crippen molar-refractivity contribution in [1.82, 2.24) is 9.62 Å². The zero-order chi connectivity index (χ0) is 14.6. The summed E-state index contributed by atoms with van der Waals surface area (Å²) in [6, 6.07) is 5.31. The van der Waals surface area contributed by atoms with E-state index < -0.39 is 10.0 Å². The zero-order valence-electron chi connectivity index (χ0n) is 11.8. The monoisotopic (exact) mass is 348 g/mol. The molecule has 0 saturated heterocycles. The van der Waals surface area contributed by atoms with Gasteiger partial charge in [0.25, 0.3) is 0 Å². The van der Waals surface area contributed by atoms with Crippen molar-refractivity contribution in [2.45, 2.75) is 37.8 Å². The second kappa shape index (κ2) is 6.83. The first kappa shape index (κ1) is 16.6. The first-order valence-electron chi connectivity index (χ1n) is 6.25. The molecule has 1 aromatic rings. The van der Waals surface area contributed by atoms with Gasteiger partial charge in [-0.2, -0.15) is 4.31 Å². The van der Waals surface area contributed by atoms with Crippen LogP contribution in [0.1, 0.15) is 25.8 Å². The van der Waals surface area contributed by atoms with E-state index in [1.807, 2.05) is 33.0 Å². The average Bonchev–Trinajstić information content (AvgIpc) is 2.37. The minimum Gasteiger partial charge on any atom is -0.316 e. The Hall–Kier alpha value is -0.430. The molecule has 0 heterocycles. The Kier molecular flexibility index (Phi) is 5.98. The van der Waals surface area contributed by atoms with Crippen LogP contribution in [0.2, 0.25) is 0 Å². The number of hydrogen-bond donors (Lipinski definition) is 1. The van der Waals surface area contributed by atoms with E-state index in [1.165, 1.54) is 4.31 Å². The summed E-state index contributed by atoms with van der Waals surface area (Å²) in [6.45, 7) is 4.59. The average molecular weight is 349 g/mol. The molecule has 0 amide bonds. The van der Waals surface area contributed by atoms with E-state index in [0.29, 0.717) is 15.9 Å². The predicted molar refractivity (Wildman–Crippen MR) is 81.6 cm³/mol. The van der Waals surface area contributed by atoms with E-state index in [9.17, 15) is 8.42 Å². The summed E-state index contributed by atoms with van der Waals surface area (Å²) in [5.41, 5.74) is 1.04. The highest BCUT2D eigenvalue weighted by Crippen LogP contribution is 2.27. The summed E-state index contributed by atoms with van der Waals surface area (Å²) in [4.78, 5) is 0.315. The van der Waals surface area contributed by atoms with Gasteiger partial charge < -0.3 is 5.32 Å². The second-order valence-corrected chi connectivity index (χ2v) is 7.39. The van der Waals surface area contributed by atoms with Crippen molar-refractivity contribution in [2.24, 2.45) is 0 Å². The maximum absolute atomic E-state index is 12.5. The lowest BCUT2D eigenvalue weighted by Gasteiger charge is -2.23. The number of nitrogens with zero attached hydrogens (tertiary/aromatic N) is 1. The van der Waals surface area contributed by atoms with Crippen LogP contribution in [0.25, 0.3) is 0 Å². The van der Waals surface area contributed by atoms with Gasteiger partial charge in [-0.05, 0) is 54.0 Å². The van der Waals surface area contributed by atoms with Crippen molar-refractivity contribution < 1.29 is 8.42 Å². The minimum atomic E-state index is -3.45. The number of sulfonamides is 1. The molecule has 0 fully saturated rings. The molecule has 6 heteroatoms. The molecule has 1 aromatic carbocycles. The van der Waals surface area contributed by atoms with Crippen LogP contribution in [0, 0.1) is 0 Å². The van der Waals surface area contributed by atoms with Gasteiger partial charge in [0, 0.05) is 24.1 Å². The largest absolute Gasteiger partial charge is 0.316 e. The lowest BCUT2D eigenvalue weighted by atomic mass is 10.2. The van der Waals surface area contributed by atoms with Crippen LogP contribution in [0.4, 0.5) is 0 Å². The minimum absolute atomic E-state index is 0.0196. The van der Waals surface area contributed by atoms with Gasteiger partial charge in [0.15, 0.2) is 0 Å².